The summed E-state index contributed by atoms with van der Waals surface area (Å²) in [5.74, 6) is -1.22. The molecule has 1 aromatic carbocycles. The van der Waals surface area contributed by atoms with Gasteiger partial charge in [-0.15, -0.1) is 11.8 Å². The molecule has 1 heterocycles. The minimum atomic E-state index is -3.43. The van der Waals surface area contributed by atoms with Gasteiger partial charge in [-0.05, 0) is 25.5 Å². The molecule has 0 spiro atoms. The molecular weight excluding hydrogens is 364 g/mol. The van der Waals surface area contributed by atoms with Crippen molar-refractivity contribution >= 4 is 33.7 Å². The van der Waals surface area contributed by atoms with Crippen LogP contribution < -0.4 is 4.72 Å². The molecule has 0 bridgehead atoms. The summed E-state index contributed by atoms with van der Waals surface area (Å²) >= 11 is 1.10. The van der Waals surface area contributed by atoms with E-state index in [0.29, 0.717) is 30.0 Å². The number of nitrogens with one attached hydrogen (secondary N) is 1. The van der Waals surface area contributed by atoms with Gasteiger partial charge in [0.15, 0.2) is 0 Å². The zero-order valence-corrected chi connectivity index (χ0v) is 15.8. The normalized spacial score (nSPS) is 19.0. The third kappa shape index (κ3) is 4.74. The quantitative estimate of drug-likeness (QED) is 0.687. The van der Waals surface area contributed by atoms with Crippen LogP contribution in [0.3, 0.4) is 0 Å². The van der Waals surface area contributed by atoms with Gasteiger partial charge in [-0.3, -0.25) is 9.59 Å². The Labute approximate surface area is 151 Å². The summed E-state index contributed by atoms with van der Waals surface area (Å²) in [5, 5.41) is 7.77. The number of carbonyl (C=O) groups excluding carboxylic acids is 1. The molecule has 1 amide bonds. The lowest BCUT2D eigenvalue weighted by atomic mass is 10.2. The third-order valence-electron chi connectivity index (χ3n) is 3.99. The van der Waals surface area contributed by atoms with Crippen LogP contribution in [-0.2, 0) is 14.8 Å². The zero-order valence-electron chi connectivity index (χ0n) is 14.1. The standard InChI is InChI=1S/C16H22N2O5S2/c1-3-17-25(22,23)12-8-9-18(10-12)15(19)13-6-4-5-7-14(13)24-11(2)16(20)21/h4-7,11-12,17H,3,8-10H2,1-2H3,(H,20,21). The Morgan fingerprint density at radius 1 is 1.40 bits per heavy atom. The Hall–Kier alpha value is -1.58. The highest BCUT2D eigenvalue weighted by molar-refractivity contribution is 8.00. The number of amides is 1. The van der Waals surface area contributed by atoms with Crippen LogP contribution in [-0.4, -0.2) is 60.4 Å². The van der Waals surface area contributed by atoms with Crippen LogP contribution in [0.1, 0.15) is 30.6 Å². The highest BCUT2D eigenvalue weighted by Crippen LogP contribution is 2.29. The highest BCUT2D eigenvalue weighted by Gasteiger charge is 2.35. The molecule has 2 rings (SSSR count). The summed E-state index contributed by atoms with van der Waals surface area (Å²) < 4.78 is 26.7. The van der Waals surface area contributed by atoms with Crippen LogP contribution in [0.4, 0.5) is 0 Å². The van der Waals surface area contributed by atoms with Crippen LogP contribution in [0.15, 0.2) is 29.2 Å². The molecule has 2 N–H and O–H groups in total. The number of benzene rings is 1. The molecule has 1 aliphatic rings. The van der Waals surface area contributed by atoms with E-state index in [1.54, 1.807) is 38.1 Å². The van der Waals surface area contributed by atoms with Crippen LogP contribution in [0.25, 0.3) is 0 Å². The molecule has 138 valence electrons. The fourth-order valence-corrected chi connectivity index (χ4v) is 4.99. The number of rotatable bonds is 7. The topological polar surface area (TPSA) is 104 Å². The van der Waals surface area contributed by atoms with Crippen molar-refractivity contribution in [2.24, 2.45) is 0 Å². The third-order valence-corrected chi connectivity index (χ3v) is 7.10. The molecule has 1 aliphatic heterocycles. The first-order chi connectivity index (χ1) is 11.8. The minimum Gasteiger partial charge on any atom is -0.480 e. The van der Waals surface area contributed by atoms with Crippen molar-refractivity contribution < 1.29 is 23.1 Å². The van der Waals surface area contributed by atoms with Crippen molar-refractivity contribution in [1.82, 2.24) is 9.62 Å². The molecule has 0 aromatic heterocycles. The molecule has 1 saturated heterocycles. The molecule has 1 aromatic rings. The van der Waals surface area contributed by atoms with Crippen molar-refractivity contribution in [3.05, 3.63) is 29.8 Å². The maximum absolute atomic E-state index is 12.8. The van der Waals surface area contributed by atoms with Gasteiger partial charge in [0.1, 0.15) is 5.25 Å². The van der Waals surface area contributed by atoms with Gasteiger partial charge in [-0.1, -0.05) is 19.1 Å². The summed E-state index contributed by atoms with van der Waals surface area (Å²) in [4.78, 5) is 26.0. The Bertz CT molecular complexity index is 751. The SMILES string of the molecule is CCNS(=O)(=O)C1CCN(C(=O)c2ccccc2SC(C)C(=O)O)C1. The first kappa shape index (κ1) is 19.7. The van der Waals surface area contributed by atoms with E-state index in [0.717, 1.165) is 11.8 Å². The van der Waals surface area contributed by atoms with Gasteiger partial charge < -0.3 is 10.0 Å². The second-order valence-electron chi connectivity index (χ2n) is 5.80. The molecule has 9 heteroatoms. The van der Waals surface area contributed by atoms with E-state index in [4.69, 9.17) is 5.11 Å². The molecule has 2 atom stereocenters. The van der Waals surface area contributed by atoms with Gasteiger partial charge in [-0.25, -0.2) is 13.1 Å². The van der Waals surface area contributed by atoms with Crippen LogP contribution in [0.5, 0.6) is 0 Å². The van der Waals surface area contributed by atoms with E-state index in [1.165, 1.54) is 4.90 Å². The van der Waals surface area contributed by atoms with E-state index in [1.807, 2.05) is 0 Å². The van der Waals surface area contributed by atoms with Gasteiger partial charge in [-0.2, -0.15) is 0 Å². The fourth-order valence-electron chi connectivity index (χ4n) is 2.64. The van der Waals surface area contributed by atoms with E-state index in [2.05, 4.69) is 4.72 Å². The Morgan fingerprint density at radius 2 is 2.08 bits per heavy atom. The summed E-state index contributed by atoms with van der Waals surface area (Å²) in [6.07, 6.45) is 0.391. The molecule has 0 radical (unpaired) electrons. The lowest BCUT2D eigenvalue weighted by molar-refractivity contribution is -0.136. The number of sulfonamides is 1. The van der Waals surface area contributed by atoms with Gasteiger partial charge in [0, 0.05) is 24.5 Å². The summed E-state index contributed by atoms with van der Waals surface area (Å²) in [5.41, 5.74) is 0.405. The lowest BCUT2D eigenvalue weighted by Crippen LogP contribution is -2.37. The number of hydrogen-bond acceptors (Lipinski definition) is 5. The number of hydrogen-bond donors (Lipinski definition) is 2. The van der Waals surface area contributed by atoms with E-state index >= 15 is 0 Å². The summed E-state index contributed by atoms with van der Waals surface area (Å²) in [6.45, 7) is 4.10. The zero-order chi connectivity index (χ0) is 18.6. The van der Waals surface area contributed by atoms with Crippen LogP contribution >= 0.6 is 11.8 Å². The van der Waals surface area contributed by atoms with Gasteiger partial charge >= 0.3 is 5.97 Å². The van der Waals surface area contributed by atoms with Crippen molar-refractivity contribution in [3.8, 4) is 0 Å². The largest absolute Gasteiger partial charge is 0.480 e. The second kappa shape index (κ2) is 8.20. The predicted molar refractivity (Wildman–Crippen MR) is 96.3 cm³/mol. The smallest absolute Gasteiger partial charge is 0.316 e. The number of thioether (sulfide) groups is 1. The number of carboxylic acid groups (broad SMARTS) is 1. The average Bonchev–Trinajstić information content (AvgIpc) is 3.05. The number of likely N-dealkylation sites (tertiary alicyclic amines) is 1. The minimum absolute atomic E-state index is 0.141. The number of nitrogens with zero attached hydrogens (tertiary/aromatic N) is 1. The Kier molecular flexibility index (Phi) is 6.47. The number of carboxylic acids is 1. The number of carbonyl (C=O) groups is 2. The number of aliphatic carboxylic acids is 1. The van der Waals surface area contributed by atoms with E-state index in [9.17, 15) is 18.0 Å². The fraction of sp³-hybridized carbons (Fsp3) is 0.500. The van der Waals surface area contributed by atoms with Crippen molar-refractivity contribution in [1.29, 1.82) is 0 Å². The maximum Gasteiger partial charge on any atom is 0.316 e. The van der Waals surface area contributed by atoms with E-state index < -0.39 is 26.5 Å². The maximum atomic E-state index is 12.8. The molecule has 0 aliphatic carbocycles. The second-order valence-corrected chi connectivity index (χ2v) is 9.23. The van der Waals surface area contributed by atoms with Gasteiger partial charge in [0.2, 0.25) is 10.0 Å². The summed E-state index contributed by atoms with van der Waals surface area (Å²) in [6, 6.07) is 6.81. The Morgan fingerprint density at radius 3 is 2.72 bits per heavy atom. The van der Waals surface area contributed by atoms with Crippen molar-refractivity contribution in [2.45, 2.75) is 35.7 Å². The molecule has 1 fully saturated rings. The summed E-state index contributed by atoms with van der Waals surface area (Å²) in [7, 11) is -3.43. The first-order valence-corrected chi connectivity index (χ1v) is 10.4. The monoisotopic (exact) mass is 386 g/mol. The lowest BCUT2D eigenvalue weighted by Gasteiger charge is -2.19. The molecule has 2 unspecified atom stereocenters. The van der Waals surface area contributed by atoms with Crippen LogP contribution in [0, 0.1) is 0 Å². The molecular formula is C16H22N2O5S2. The predicted octanol–water partition coefficient (Wildman–Crippen LogP) is 1.41. The highest BCUT2D eigenvalue weighted by atomic mass is 32.2. The molecule has 7 nitrogen and oxygen atoms in total. The Balaban J connectivity index is 2.15. The molecule has 25 heavy (non-hydrogen) atoms. The van der Waals surface area contributed by atoms with Crippen molar-refractivity contribution in [2.75, 3.05) is 19.6 Å². The first-order valence-electron chi connectivity index (χ1n) is 8.02. The van der Waals surface area contributed by atoms with Crippen molar-refractivity contribution in [3.63, 3.8) is 0 Å². The van der Waals surface area contributed by atoms with E-state index in [-0.39, 0.29) is 12.5 Å². The van der Waals surface area contributed by atoms with Gasteiger partial charge in [0.05, 0.1) is 10.8 Å². The van der Waals surface area contributed by atoms with Crippen LogP contribution in [0.2, 0.25) is 0 Å². The average molecular weight is 386 g/mol. The molecule has 0 saturated carbocycles. The van der Waals surface area contributed by atoms with Gasteiger partial charge in [0.25, 0.3) is 5.91 Å².